The minimum absolute atomic E-state index is 0.0269. The molecule has 1 aromatic heterocycles. The molecule has 3 rings (SSSR count). The first kappa shape index (κ1) is 22.3. The van der Waals surface area contributed by atoms with Crippen LogP contribution >= 0.6 is 0 Å². The van der Waals surface area contributed by atoms with Crippen molar-refractivity contribution in [3.05, 3.63) is 77.1 Å². The van der Waals surface area contributed by atoms with Crippen LogP contribution in [0.1, 0.15) is 73.3 Å². The fourth-order valence-corrected chi connectivity index (χ4v) is 3.44. The number of carbonyl (C=O) groups is 2. The van der Waals surface area contributed by atoms with E-state index in [1.807, 2.05) is 74.0 Å². The third-order valence-corrected chi connectivity index (χ3v) is 5.24. The summed E-state index contributed by atoms with van der Waals surface area (Å²) in [6.07, 6.45) is 2.07. The topological polar surface area (TPSA) is 76.0 Å². The van der Waals surface area contributed by atoms with Crippen molar-refractivity contribution in [2.24, 2.45) is 0 Å². The molecule has 0 spiro atoms. The number of anilines is 1. The van der Waals surface area contributed by atoms with Gasteiger partial charge in [0.05, 0.1) is 29.2 Å². The van der Waals surface area contributed by atoms with Gasteiger partial charge < -0.3 is 10.6 Å². The Morgan fingerprint density at radius 1 is 1.00 bits per heavy atom. The lowest BCUT2D eigenvalue weighted by Gasteiger charge is -2.17. The first-order chi connectivity index (χ1) is 14.8. The van der Waals surface area contributed by atoms with Gasteiger partial charge in [0.25, 0.3) is 5.91 Å². The summed E-state index contributed by atoms with van der Waals surface area (Å²) in [6, 6.07) is 15.4. The van der Waals surface area contributed by atoms with E-state index in [0.29, 0.717) is 12.0 Å². The molecule has 6 nitrogen and oxygen atoms in total. The largest absolute Gasteiger partial charge is 0.345 e. The van der Waals surface area contributed by atoms with E-state index in [4.69, 9.17) is 0 Å². The van der Waals surface area contributed by atoms with Crippen LogP contribution in [-0.2, 0) is 4.79 Å². The summed E-state index contributed by atoms with van der Waals surface area (Å²) in [5.41, 5.74) is 5.27. The summed E-state index contributed by atoms with van der Waals surface area (Å²) in [6.45, 7) is 9.92. The molecule has 0 saturated heterocycles. The molecule has 0 radical (unpaired) electrons. The van der Waals surface area contributed by atoms with Crippen molar-refractivity contribution in [3.63, 3.8) is 0 Å². The molecule has 1 heterocycles. The Morgan fingerprint density at radius 3 is 2.23 bits per heavy atom. The summed E-state index contributed by atoms with van der Waals surface area (Å²) < 4.78 is 1.84. The van der Waals surface area contributed by atoms with Crippen molar-refractivity contribution in [2.75, 3.05) is 5.32 Å². The molecule has 2 aromatic carbocycles. The van der Waals surface area contributed by atoms with Crippen LogP contribution in [-0.4, -0.2) is 21.6 Å². The highest BCUT2D eigenvalue weighted by Crippen LogP contribution is 2.24. The lowest BCUT2D eigenvalue weighted by molar-refractivity contribution is -0.115. The van der Waals surface area contributed by atoms with Crippen LogP contribution in [0.25, 0.3) is 5.69 Å². The van der Waals surface area contributed by atoms with Crippen molar-refractivity contribution in [2.45, 2.75) is 53.0 Å². The van der Waals surface area contributed by atoms with Gasteiger partial charge in [0.2, 0.25) is 5.91 Å². The van der Waals surface area contributed by atoms with Crippen molar-refractivity contribution >= 4 is 17.5 Å². The molecule has 1 atom stereocenters. The first-order valence-corrected chi connectivity index (χ1v) is 10.7. The van der Waals surface area contributed by atoms with Crippen molar-refractivity contribution in [1.82, 2.24) is 15.1 Å². The molecule has 0 aliphatic heterocycles. The van der Waals surface area contributed by atoms with Gasteiger partial charge in [-0.15, -0.1) is 0 Å². The number of aryl methyl sites for hydroxylation is 1. The van der Waals surface area contributed by atoms with Crippen molar-refractivity contribution < 1.29 is 9.59 Å². The quantitative estimate of drug-likeness (QED) is 0.557. The lowest BCUT2D eigenvalue weighted by atomic mass is 10.0. The monoisotopic (exact) mass is 418 g/mol. The zero-order valence-electron chi connectivity index (χ0n) is 18.8. The second-order valence-electron chi connectivity index (χ2n) is 8.06. The van der Waals surface area contributed by atoms with Gasteiger partial charge in [-0.25, -0.2) is 4.68 Å². The first-order valence-electron chi connectivity index (χ1n) is 10.7. The Labute approximate surface area is 183 Å². The number of benzene rings is 2. The van der Waals surface area contributed by atoms with E-state index in [-0.39, 0.29) is 23.8 Å². The van der Waals surface area contributed by atoms with Gasteiger partial charge in [-0.1, -0.05) is 50.6 Å². The van der Waals surface area contributed by atoms with E-state index in [1.165, 1.54) is 5.56 Å². The smallest absolute Gasteiger partial charge is 0.255 e. The number of hydrogen-bond acceptors (Lipinski definition) is 3. The molecule has 0 aliphatic rings. The fourth-order valence-electron chi connectivity index (χ4n) is 3.44. The van der Waals surface area contributed by atoms with E-state index in [9.17, 15) is 9.59 Å². The standard InChI is InChI=1S/C25H30N4O2/c1-6-23(30)28-20-11-9-19(10-12-20)18(5)27-25(31)22-15-26-29(24(22)16(2)3)21-13-7-17(4)8-14-21/h7-16,18H,6H2,1-5H3,(H,27,31)(H,28,30). The SMILES string of the molecule is CCC(=O)Nc1ccc(C(C)NC(=O)c2cnn(-c3ccc(C)cc3)c2C(C)C)cc1. The summed E-state index contributed by atoms with van der Waals surface area (Å²) in [7, 11) is 0. The molecule has 162 valence electrons. The van der Waals surface area contributed by atoms with E-state index in [1.54, 1.807) is 6.20 Å². The molecular weight excluding hydrogens is 388 g/mol. The highest BCUT2D eigenvalue weighted by atomic mass is 16.2. The minimum atomic E-state index is -0.189. The zero-order valence-corrected chi connectivity index (χ0v) is 18.8. The molecule has 0 saturated carbocycles. The van der Waals surface area contributed by atoms with Crippen LogP contribution in [0.5, 0.6) is 0 Å². The normalized spacial score (nSPS) is 11.9. The van der Waals surface area contributed by atoms with Crippen molar-refractivity contribution in [1.29, 1.82) is 0 Å². The maximum Gasteiger partial charge on any atom is 0.255 e. The lowest BCUT2D eigenvalue weighted by Crippen LogP contribution is -2.27. The predicted octanol–water partition coefficient (Wildman–Crippen LogP) is 5.14. The van der Waals surface area contributed by atoms with Gasteiger partial charge in [-0.3, -0.25) is 9.59 Å². The average molecular weight is 419 g/mol. The molecule has 3 aromatic rings. The second kappa shape index (κ2) is 9.60. The summed E-state index contributed by atoms with van der Waals surface area (Å²) >= 11 is 0. The van der Waals surface area contributed by atoms with Gasteiger partial charge in [0.1, 0.15) is 0 Å². The van der Waals surface area contributed by atoms with E-state index in [2.05, 4.69) is 29.6 Å². The maximum absolute atomic E-state index is 13.1. The zero-order chi connectivity index (χ0) is 22.5. The average Bonchev–Trinajstić information content (AvgIpc) is 3.20. The Kier molecular flexibility index (Phi) is 6.90. The van der Waals surface area contributed by atoms with Crippen LogP contribution in [0.3, 0.4) is 0 Å². The van der Waals surface area contributed by atoms with Crippen LogP contribution < -0.4 is 10.6 Å². The van der Waals surface area contributed by atoms with E-state index >= 15 is 0 Å². The molecule has 2 amide bonds. The maximum atomic E-state index is 13.1. The van der Waals surface area contributed by atoms with Crippen molar-refractivity contribution in [3.8, 4) is 5.69 Å². The number of nitrogens with zero attached hydrogens (tertiary/aromatic N) is 2. The number of hydrogen-bond donors (Lipinski definition) is 2. The molecule has 2 N–H and O–H groups in total. The van der Waals surface area contributed by atoms with Gasteiger partial charge in [0, 0.05) is 12.1 Å². The van der Waals surface area contributed by atoms with Crippen LogP contribution in [0.4, 0.5) is 5.69 Å². The highest BCUT2D eigenvalue weighted by Gasteiger charge is 2.22. The number of carbonyl (C=O) groups excluding carboxylic acids is 2. The minimum Gasteiger partial charge on any atom is -0.345 e. The highest BCUT2D eigenvalue weighted by molar-refractivity contribution is 5.95. The number of amides is 2. The van der Waals surface area contributed by atoms with Crippen LogP contribution in [0.2, 0.25) is 0 Å². The molecule has 31 heavy (non-hydrogen) atoms. The fraction of sp³-hybridized carbons (Fsp3) is 0.320. The Bertz CT molecular complexity index is 1050. The van der Waals surface area contributed by atoms with Gasteiger partial charge in [-0.05, 0) is 49.6 Å². The number of rotatable bonds is 7. The van der Waals surface area contributed by atoms with Gasteiger partial charge >= 0.3 is 0 Å². The van der Waals surface area contributed by atoms with Gasteiger partial charge in [0.15, 0.2) is 0 Å². The molecule has 0 bridgehead atoms. The van der Waals surface area contributed by atoms with Gasteiger partial charge in [-0.2, -0.15) is 5.10 Å². The number of aromatic nitrogens is 2. The number of nitrogens with one attached hydrogen (secondary N) is 2. The second-order valence-corrected chi connectivity index (χ2v) is 8.06. The third kappa shape index (κ3) is 5.20. The molecule has 0 aliphatic carbocycles. The van der Waals surface area contributed by atoms with E-state index in [0.717, 1.165) is 22.6 Å². The summed E-state index contributed by atoms with van der Waals surface area (Å²) in [5, 5.41) is 10.4. The molecule has 6 heteroatoms. The predicted molar refractivity (Wildman–Crippen MR) is 124 cm³/mol. The Hall–Kier alpha value is -3.41. The van der Waals surface area contributed by atoms with Crippen LogP contribution in [0, 0.1) is 6.92 Å². The molecular formula is C25H30N4O2. The third-order valence-electron chi connectivity index (χ3n) is 5.24. The summed E-state index contributed by atoms with van der Waals surface area (Å²) in [4.78, 5) is 24.6. The van der Waals surface area contributed by atoms with E-state index < -0.39 is 0 Å². The Balaban J connectivity index is 1.78. The summed E-state index contributed by atoms with van der Waals surface area (Å²) in [5.74, 6) is -0.0554. The van der Waals surface area contributed by atoms with Crippen LogP contribution in [0.15, 0.2) is 54.7 Å². The molecule has 1 unspecified atom stereocenters. The Morgan fingerprint density at radius 2 is 1.65 bits per heavy atom. The molecule has 0 fully saturated rings.